The molecule has 1 aliphatic rings. The van der Waals surface area contributed by atoms with Crippen LogP contribution in [0.15, 0.2) is 36.4 Å². The molecule has 3 rings (SSSR count). The van der Waals surface area contributed by atoms with Gasteiger partial charge in [0.2, 0.25) is 0 Å². The molecule has 1 saturated carbocycles. The maximum absolute atomic E-state index is 12.5. The second-order valence-electron chi connectivity index (χ2n) is 6.58. The van der Waals surface area contributed by atoms with Crippen molar-refractivity contribution in [2.24, 2.45) is 0 Å². The highest BCUT2D eigenvalue weighted by Gasteiger charge is 2.25. The summed E-state index contributed by atoms with van der Waals surface area (Å²) in [6.07, 6.45) is 2.01. The van der Waals surface area contributed by atoms with E-state index in [1.807, 2.05) is 19.0 Å². The minimum absolute atomic E-state index is 0.144. The summed E-state index contributed by atoms with van der Waals surface area (Å²) in [4.78, 5) is 26.6. The van der Waals surface area contributed by atoms with Gasteiger partial charge in [0, 0.05) is 37.2 Å². The van der Waals surface area contributed by atoms with Crippen molar-refractivity contribution >= 4 is 52.2 Å². The second-order valence-corrected chi connectivity index (χ2v) is 7.40. The van der Waals surface area contributed by atoms with E-state index in [-0.39, 0.29) is 11.9 Å². The van der Waals surface area contributed by atoms with E-state index in [1.54, 1.807) is 36.4 Å². The van der Waals surface area contributed by atoms with Gasteiger partial charge in [-0.05, 0) is 49.2 Å². The predicted molar refractivity (Wildman–Crippen MR) is 110 cm³/mol. The Kier molecular flexibility index (Phi) is 5.77. The molecule has 6 nitrogen and oxygen atoms in total. The quantitative estimate of drug-likeness (QED) is 0.679. The summed E-state index contributed by atoms with van der Waals surface area (Å²) >= 11 is 11.8. The fourth-order valence-electron chi connectivity index (χ4n) is 2.54. The number of amides is 3. The minimum atomic E-state index is -0.445. The molecule has 1 aliphatic carbocycles. The number of carbonyl (C=O) groups is 2. The Labute approximate surface area is 167 Å². The van der Waals surface area contributed by atoms with Crippen LogP contribution in [0.25, 0.3) is 0 Å². The van der Waals surface area contributed by atoms with Gasteiger partial charge in [0.05, 0.1) is 15.6 Å². The van der Waals surface area contributed by atoms with Crippen LogP contribution in [0, 0.1) is 0 Å². The van der Waals surface area contributed by atoms with Gasteiger partial charge in [-0.2, -0.15) is 0 Å². The largest absolute Gasteiger partial charge is 0.377 e. The summed E-state index contributed by atoms with van der Waals surface area (Å²) in [5, 5.41) is 9.15. The topological polar surface area (TPSA) is 73.5 Å². The van der Waals surface area contributed by atoms with Gasteiger partial charge in [-0.25, -0.2) is 4.79 Å². The molecule has 3 amide bonds. The number of nitrogens with zero attached hydrogens (tertiary/aromatic N) is 1. The molecule has 0 atom stereocenters. The van der Waals surface area contributed by atoms with Crippen LogP contribution in [0.2, 0.25) is 10.0 Å². The van der Waals surface area contributed by atoms with Crippen LogP contribution in [-0.2, 0) is 0 Å². The average molecular weight is 407 g/mol. The Balaban J connectivity index is 1.74. The Morgan fingerprint density at radius 2 is 1.59 bits per heavy atom. The van der Waals surface area contributed by atoms with Gasteiger partial charge in [0.1, 0.15) is 0 Å². The van der Waals surface area contributed by atoms with Gasteiger partial charge >= 0.3 is 6.03 Å². The number of urea groups is 1. The van der Waals surface area contributed by atoms with E-state index in [2.05, 4.69) is 16.0 Å². The lowest BCUT2D eigenvalue weighted by Gasteiger charge is -2.18. The predicted octanol–water partition coefficient (Wildman–Crippen LogP) is 4.60. The van der Waals surface area contributed by atoms with Crippen molar-refractivity contribution in [2.75, 3.05) is 29.6 Å². The highest BCUT2D eigenvalue weighted by molar-refractivity contribution is 6.42. The Bertz CT molecular complexity index is 882. The van der Waals surface area contributed by atoms with Gasteiger partial charge in [-0.3, -0.25) is 4.79 Å². The number of anilines is 3. The van der Waals surface area contributed by atoms with Crippen LogP contribution in [-0.4, -0.2) is 32.1 Å². The number of benzene rings is 2. The van der Waals surface area contributed by atoms with Crippen LogP contribution < -0.4 is 20.9 Å². The molecule has 0 saturated heterocycles. The minimum Gasteiger partial charge on any atom is -0.377 e. The monoisotopic (exact) mass is 406 g/mol. The van der Waals surface area contributed by atoms with E-state index in [1.165, 1.54) is 0 Å². The lowest BCUT2D eigenvalue weighted by atomic mass is 10.1. The molecular formula is C19H20Cl2N4O2. The highest BCUT2D eigenvalue weighted by Crippen LogP contribution is 2.27. The average Bonchev–Trinajstić information content (AvgIpc) is 3.41. The van der Waals surface area contributed by atoms with E-state index in [4.69, 9.17) is 23.2 Å². The van der Waals surface area contributed by atoms with Crippen LogP contribution in [0.1, 0.15) is 23.2 Å². The fourth-order valence-corrected chi connectivity index (χ4v) is 2.84. The normalized spacial score (nSPS) is 13.0. The maximum Gasteiger partial charge on any atom is 0.323 e. The first-order chi connectivity index (χ1) is 12.8. The van der Waals surface area contributed by atoms with Gasteiger partial charge < -0.3 is 20.9 Å². The molecule has 8 heteroatoms. The first kappa shape index (κ1) is 19.3. The lowest BCUT2D eigenvalue weighted by Crippen LogP contribution is -2.28. The lowest BCUT2D eigenvalue weighted by molar-refractivity contribution is 0.0951. The third-order valence-electron chi connectivity index (χ3n) is 4.07. The zero-order valence-corrected chi connectivity index (χ0v) is 16.5. The molecule has 0 heterocycles. The maximum atomic E-state index is 12.5. The van der Waals surface area contributed by atoms with E-state index in [9.17, 15) is 9.59 Å². The number of nitrogens with one attached hydrogen (secondary N) is 3. The Morgan fingerprint density at radius 1 is 0.963 bits per heavy atom. The molecule has 3 N–H and O–H groups in total. The number of rotatable bonds is 5. The van der Waals surface area contributed by atoms with E-state index in [0.29, 0.717) is 27.0 Å². The molecule has 0 unspecified atom stereocenters. The number of carbonyl (C=O) groups excluding carboxylic acids is 2. The van der Waals surface area contributed by atoms with Crippen molar-refractivity contribution in [3.8, 4) is 0 Å². The molecule has 0 aliphatic heterocycles. The first-order valence-electron chi connectivity index (χ1n) is 8.49. The van der Waals surface area contributed by atoms with Gasteiger partial charge in [-0.1, -0.05) is 23.2 Å². The molecule has 27 heavy (non-hydrogen) atoms. The van der Waals surface area contributed by atoms with Crippen LogP contribution in [0.5, 0.6) is 0 Å². The Morgan fingerprint density at radius 3 is 2.19 bits per heavy atom. The molecule has 1 fully saturated rings. The molecular weight excluding hydrogens is 387 g/mol. The molecule has 2 aromatic carbocycles. The van der Waals surface area contributed by atoms with Crippen molar-refractivity contribution in [2.45, 2.75) is 18.9 Å². The zero-order valence-electron chi connectivity index (χ0n) is 15.0. The summed E-state index contributed by atoms with van der Waals surface area (Å²) in [5.74, 6) is -0.144. The summed E-state index contributed by atoms with van der Waals surface area (Å²) in [7, 11) is 3.74. The molecule has 142 valence electrons. The summed E-state index contributed by atoms with van der Waals surface area (Å²) in [5.41, 5.74) is 2.32. The first-order valence-corrected chi connectivity index (χ1v) is 9.24. The summed E-state index contributed by atoms with van der Waals surface area (Å²) < 4.78 is 0. The number of halogens is 2. The summed E-state index contributed by atoms with van der Waals surface area (Å²) in [6, 6.07) is 9.84. The second kappa shape index (κ2) is 8.06. The number of hydrogen-bond donors (Lipinski definition) is 3. The van der Waals surface area contributed by atoms with Crippen molar-refractivity contribution in [1.29, 1.82) is 0 Å². The van der Waals surface area contributed by atoms with Gasteiger partial charge in [-0.15, -0.1) is 0 Å². The van der Waals surface area contributed by atoms with E-state index >= 15 is 0 Å². The van der Waals surface area contributed by atoms with Crippen LogP contribution >= 0.6 is 23.2 Å². The van der Waals surface area contributed by atoms with Crippen molar-refractivity contribution in [3.05, 3.63) is 52.0 Å². The van der Waals surface area contributed by atoms with E-state index in [0.717, 1.165) is 18.5 Å². The highest BCUT2D eigenvalue weighted by atomic mass is 35.5. The van der Waals surface area contributed by atoms with Crippen molar-refractivity contribution < 1.29 is 9.59 Å². The zero-order chi connectivity index (χ0) is 19.6. The summed E-state index contributed by atoms with van der Waals surface area (Å²) in [6.45, 7) is 0. The van der Waals surface area contributed by atoms with E-state index < -0.39 is 6.03 Å². The molecule has 0 radical (unpaired) electrons. The SMILES string of the molecule is CN(C)c1ccc(NC(=O)Nc2ccc(Cl)c(Cl)c2)cc1C(=O)NC1CC1. The fraction of sp³-hybridized carbons (Fsp3) is 0.263. The number of hydrogen-bond acceptors (Lipinski definition) is 3. The molecule has 2 aromatic rings. The standard InChI is InChI=1S/C19H20Cl2N4O2/c1-25(2)17-8-6-12(9-14(17)18(26)22-11-3-4-11)23-19(27)24-13-5-7-15(20)16(21)10-13/h5-11H,3-4H2,1-2H3,(H,22,26)(H2,23,24,27). The van der Waals surface area contributed by atoms with Crippen molar-refractivity contribution in [3.63, 3.8) is 0 Å². The smallest absolute Gasteiger partial charge is 0.323 e. The van der Waals surface area contributed by atoms with Gasteiger partial charge in [0.25, 0.3) is 5.91 Å². The molecule has 0 spiro atoms. The van der Waals surface area contributed by atoms with Crippen LogP contribution in [0.3, 0.4) is 0 Å². The van der Waals surface area contributed by atoms with Crippen LogP contribution in [0.4, 0.5) is 21.9 Å². The third kappa shape index (κ3) is 5.05. The van der Waals surface area contributed by atoms with Gasteiger partial charge in [0.15, 0.2) is 0 Å². The molecule has 0 bridgehead atoms. The third-order valence-corrected chi connectivity index (χ3v) is 4.81. The Hall–Kier alpha value is -2.44. The molecule has 0 aromatic heterocycles. The van der Waals surface area contributed by atoms with Crippen molar-refractivity contribution in [1.82, 2.24) is 5.32 Å².